The molecule has 0 atom stereocenters. The molecule has 0 fully saturated rings. The summed E-state index contributed by atoms with van der Waals surface area (Å²) in [6.07, 6.45) is 3.19. The van der Waals surface area contributed by atoms with Crippen LogP contribution in [0.25, 0.3) is 0 Å². The number of rotatable bonds is 5. The monoisotopic (exact) mass is 367 g/mol. The molecule has 0 saturated carbocycles. The molecular weight excluding hydrogens is 350 g/mol. The quantitative estimate of drug-likeness (QED) is 0.662. The standard InChI is InChI=1S/C20H18ClN3O2/c1-13-9-15(21)3-8-19(13)24-20(25)14-10-17(12-22-11-14)23-16-4-6-18(26-2)7-5-16/h3-12,23H,1-2H3,(H,24,25). The number of carbonyl (C=O) groups is 1. The van der Waals surface area contributed by atoms with Crippen LogP contribution in [-0.2, 0) is 0 Å². The molecule has 6 heteroatoms. The van der Waals surface area contributed by atoms with Gasteiger partial charge in [-0.05, 0) is 61.0 Å². The lowest BCUT2D eigenvalue weighted by Gasteiger charge is -2.10. The van der Waals surface area contributed by atoms with E-state index < -0.39 is 0 Å². The van der Waals surface area contributed by atoms with Gasteiger partial charge in [-0.15, -0.1) is 0 Å². The summed E-state index contributed by atoms with van der Waals surface area (Å²) in [6, 6.07) is 14.6. The van der Waals surface area contributed by atoms with Crippen LogP contribution in [0.15, 0.2) is 60.9 Å². The number of aromatic nitrogens is 1. The Balaban J connectivity index is 1.74. The van der Waals surface area contributed by atoms with Crippen molar-refractivity contribution in [2.45, 2.75) is 6.92 Å². The lowest BCUT2D eigenvalue weighted by Crippen LogP contribution is -2.13. The fourth-order valence-corrected chi connectivity index (χ4v) is 2.66. The second-order valence-corrected chi connectivity index (χ2v) is 6.17. The number of nitrogens with zero attached hydrogens (tertiary/aromatic N) is 1. The third-order valence-electron chi connectivity index (χ3n) is 3.82. The summed E-state index contributed by atoms with van der Waals surface area (Å²) in [4.78, 5) is 16.7. The molecule has 0 aliphatic carbocycles. The third-order valence-corrected chi connectivity index (χ3v) is 4.05. The van der Waals surface area contributed by atoms with Crippen molar-refractivity contribution in [1.82, 2.24) is 4.98 Å². The topological polar surface area (TPSA) is 63.2 Å². The van der Waals surface area contributed by atoms with E-state index in [9.17, 15) is 4.79 Å². The van der Waals surface area contributed by atoms with Gasteiger partial charge in [0.05, 0.1) is 24.6 Å². The second-order valence-electron chi connectivity index (χ2n) is 5.73. The first-order valence-electron chi connectivity index (χ1n) is 7.99. The van der Waals surface area contributed by atoms with Crippen molar-refractivity contribution in [3.8, 4) is 5.75 Å². The van der Waals surface area contributed by atoms with Gasteiger partial charge in [0.25, 0.3) is 5.91 Å². The number of amides is 1. The average Bonchev–Trinajstić information content (AvgIpc) is 2.65. The largest absolute Gasteiger partial charge is 0.497 e. The van der Waals surface area contributed by atoms with Crippen LogP contribution >= 0.6 is 11.6 Å². The van der Waals surface area contributed by atoms with Gasteiger partial charge in [-0.2, -0.15) is 0 Å². The van der Waals surface area contributed by atoms with Gasteiger partial charge in [0, 0.05) is 22.6 Å². The number of methoxy groups -OCH3 is 1. The molecule has 3 aromatic rings. The molecule has 0 unspecified atom stereocenters. The van der Waals surface area contributed by atoms with E-state index >= 15 is 0 Å². The number of ether oxygens (including phenoxy) is 1. The van der Waals surface area contributed by atoms with Gasteiger partial charge in [-0.3, -0.25) is 9.78 Å². The maximum absolute atomic E-state index is 12.5. The number of hydrogen-bond donors (Lipinski definition) is 2. The molecule has 2 N–H and O–H groups in total. The molecule has 132 valence electrons. The molecule has 5 nitrogen and oxygen atoms in total. The van der Waals surface area contributed by atoms with Crippen LogP contribution in [0.1, 0.15) is 15.9 Å². The lowest BCUT2D eigenvalue weighted by molar-refractivity contribution is 0.102. The number of benzene rings is 2. The van der Waals surface area contributed by atoms with E-state index in [0.717, 1.165) is 22.7 Å². The average molecular weight is 368 g/mol. The Kier molecular flexibility index (Phi) is 5.39. The van der Waals surface area contributed by atoms with Crippen LogP contribution in [0.4, 0.5) is 17.1 Å². The molecule has 0 aliphatic heterocycles. The molecule has 3 rings (SSSR count). The molecule has 0 radical (unpaired) electrons. The number of carbonyl (C=O) groups excluding carboxylic acids is 1. The first kappa shape index (κ1) is 17.8. The lowest BCUT2D eigenvalue weighted by atomic mass is 10.2. The number of nitrogens with one attached hydrogen (secondary N) is 2. The minimum absolute atomic E-state index is 0.235. The van der Waals surface area contributed by atoms with Crippen molar-refractivity contribution in [3.63, 3.8) is 0 Å². The molecule has 1 aromatic heterocycles. The number of aryl methyl sites for hydroxylation is 1. The van der Waals surface area contributed by atoms with Gasteiger partial charge in [0.15, 0.2) is 0 Å². The van der Waals surface area contributed by atoms with Gasteiger partial charge in [-0.25, -0.2) is 0 Å². The zero-order chi connectivity index (χ0) is 18.5. The molecule has 0 saturated heterocycles. The zero-order valence-electron chi connectivity index (χ0n) is 14.4. The van der Waals surface area contributed by atoms with E-state index in [1.54, 1.807) is 37.6 Å². The molecule has 1 amide bonds. The Morgan fingerprint density at radius 1 is 1.04 bits per heavy atom. The van der Waals surface area contributed by atoms with Gasteiger partial charge in [-0.1, -0.05) is 11.6 Å². The third kappa shape index (κ3) is 4.32. The first-order valence-corrected chi connectivity index (χ1v) is 8.36. The van der Waals surface area contributed by atoms with Crippen molar-refractivity contribution in [1.29, 1.82) is 0 Å². The highest BCUT2D eigenvalue weighted by Gasteiger charge is 2.09. The Hall–Kier alpha value is -3.05. The van der Waals surface area contributed by atoms with Crippen LogP contribution in [0.2, 0.25) is 5.02 Å². The fourth-order valence-electron chi connectivity index (χ4n) is 2.44. The van der Waals surface area contributed by atoms with E-state index in [4.69, 9.17) is 16.3 Å². The Morgan fingerprint density at radius 2 is 1.81 bits per heavy atom. The highest BCUT2D eigenvalue weighted by atomic mass is 35.5. The molecular formula is C20H18ClN3O2. The molecule has 2 aromatic carbocycles. The zero-order valence-corrected chi connectivity index (χ0v) is 15.2. The maximum atomic E-state index is 12.5. The number of halogens is 1. The predicted octanol–water partition coefficient (Wildman–Crippen LogP) is 5.05. The Bertz CT molecular complexity index is 927. The maximum Gasteiger partial charge on any atom is 0.257 e. The van der Waals surface area contributed by atoms with Crippen LogP contribution < -0.4 is 15.4 Å². The summed E-state index contributed by atoms with van der Waals surface area (Å²) in [6.45, 7) is 1.89. The number of pyridine rings is 1. The predicted molar refractivity (Wildman–Crippen MR) is 105 cm³/mol. The van der Waals surface area contributed by atoms with E-state index in [1.807, 2.05) is 31.2 Å². The van der Waals surface area contributed by atoms with Crippen LogP contribution in [0.3, 0.4) is 0 Å². The second kappa shape index (κ2) is 7.89. The van der Waals surface area contributed by atoms with E-state index in [-0.39, 0.29) is 5.91 Å². The molecule has 0 bridgehead atoms. The minimum Gasteiger partial charge on any atom is -0.497 e. The first-order chi connectivity index (χ1) is 12.5. The highest BCUT2D eigenvalue weighted by molar-refractivity contribution is 6.30. The van der Waals surface area contributed by atoms with Crippen molar-refractivity contribution in [3.05, 3.63) is 77.1 Å². The summed E-state index contributed by atoms with van der Waals surface area (Å²) in [7, 11) is 1.62. The van der Waals surface area contributed by atoms with Gasteiger partial charge < -0.3 is 15.4 Å². The Labute approximate surface area is 157 Å². The summed E-state index contributed by atoms with van der Waals surface area (Å²) >= 11 is 5.95. The van der Waals surface area contributed by atoms with Crippen molar-refractivity contribution < 1.29 is 9.53 Å². The summed E-state index contributed by atoms with van der Waals surface area (Å²) < 4.78 is 5.14. The fraction of sp³-hybridized carbons (Fsp3) is 0.100. The Morgan fingerprint density at radius 3 is 2.50 bits per heavy atom. The molecule has 0 spiro atoms. The van der Waals surface area contributed by atoms with Crippen LogP contribution in [0, 0.1) is 6.92 Å². The van der Waals surface area contributed by atoms with Crippen LogP contribution in [-0.4, -0.2) is 18.0 Å². The van der Waals surface area contributed by atoms with Gasteiger partial charge >= 0.3 is 0 Å². The van der Waals surface area contributed by atoms with E-state index in [0.29, 0.717) is 16.3 Å². The van der Waals surface area contributed by atoms with Crippen LogP contribution in [0.5, 0.6) is 5.75 Å². The normalized spacial score (nSPS) is 10.3. The molecule has 26 heavy (non-hydrogen) atoms. The summed E-state index contributed by atoms with van der Waals surface area (Å²) in [5.74, 6) is 0.543. The summed E-state index contributed by atoms with van der Waals surface area (Å²) in [5.41, 5.74) is 3.66. The molecule has 0 aliphatic rings. The van der Waals surface area contributed by atoms with E-state index in [2.05, 4.69) is 15.6 Å². The van der Waals surface area contributed by atoms with Crippen molar-refractivity contribution >= 4 is 34.6 Å². The number of anilines is 3. The smallest absolute Gasteiger partial charge is 0.257 e. The summed E-state index contributed by atoms with van der Waals surface area (Å²) in [5, 5.41) is 6.73. The minimum atomic E-state index is -0.235. The SMILES string of the molecule is COc1ccc(Nc2cncc(C(=O)Nc3ccc(Cl)cc3C)c2)cc1. The highest BCUT2D eigenvalue weighted by Crippen LogP contribution is 2.22. The molecule has 1 heterocycles. The van der Waals surface area contributed by atoms with Crippen molar-refractivity contribution in [2.75, 3.05) is 17.7 Å². The van der Waals surface area contributed by atoms with E-state index in [1.165, 1.54) is 6.20 Å². The van der Waals surface area contributed by atoms with Gasteiger partial charge in [0.1, 0.15) is 5.75 Å². The van der Waals surface area contributed by atoms with Crippen molar-refractivity contribution in [2.24, 2.45) is 0 Å². The van der Waals surface area contributed by atoms with Gasteiger partial charge in [0.2, 0.25) is 0 Å². The number of hydrogen-bond acceptors (Lipinski definition) is 4.